The zero-order valence-electron chi connectivity index (χ0n) is 11.8. The highest BCUT2D eigenvalue weighted by molar-refractivity contribution is 5.95. The predicted molar refractivity (Wildman–Crippen MR) is 68.1 cm³/mol. The number of methoxy groups -OCH3 is 1. The Morgan fingerprint density at radius 3 is 2.45 bits per heavy atom. The number of urea groups is 1. The van der Waals surface area contributed by atoms with Crippen LogP contribution in [0.1, 0.15) is 20.3 Å². The summed E-state index contributed by atoms with van der Waals surface area (Å²) in [6.07, 6.45) is 0.753. The van der Waals surface area contributed by atoms with Gasteiger partial charge in [-0.15, -0.1) is 0 Å². The average molecular weight is 288 g/mol. The fourth-order valence-corrected chi connectivity index (χ4v) is 2.12. The van der Waals surface area contributed by atoms with Gasteiger partial charge in [0.25, 0.3) is 5.91 Å². The highest BCUT2D eigenvalue weighted by Gasteiger charge is 2.49. The summed E-state index contributed by atoms with van der Waals surface area (Å²) in [5, 5.41) is 13.1. The van der Waals surface area contributed by atoms with Gasteiger partial charge in [0.05, 0.1) is 6.10 Å². The van der Waals surface area contributed by atoms with Gasteiger partial charge in [0.2, 0.25) is 0 Å². The molecule has 2 atom stereocenters. The number of nitrogens with one attached hydrogen (secondary N) is 2. The molecule has 0 radical (unpaired) electrons. The van der Waals surface area contributed by atoms with Crippen molar-refractivity contribution < 1.29 is 29.0 Å². The fourth-order valence-electron chi connectivity index (χ4n) is 2.12. The molecule has 1 aliphatic carbocycles. The number of carbonyl (C=O) groups is 3. The third kappa shape index (κ3) is 4.17. The van der Waals surface area contributed by atoms with Gasteiger partial charge in [-0.25, -0.2) is 9.59 Å². The van der Waals surface area contributed by atoms with Crippen molar-refractivity contribution in [1.29, 1.82) is 0 Å². The Hall–Kier alpha value is -1.67. The molecule has 1 aliphatic rings. The number of carbonyl (C=O) groups excluding carboxylic acids is 2. The van der Waals surface area contributed by atoms with Crippen molar-refractivity contribution in [1.82, 2.24) is 10.6 Å². The Balaban J connectivity index is 2.27. The second kappa shape index (κ2) is 6.67. The standard InChI is InChI=1S/C12H20N2O6/c1-12(2)7(4-8(12)19-3)13-11(18)14-9(15)5-20-6-10(16)17/h7-8H,4-6H2,1-3H3,(H,16,17)(H2,13,14,15,18). The summed E-state index contributed by atoms with van der Waals surface area (Å²) >= 11 is 0. The molecule has 3 N–H and O–H groups in total. The van der Waals surface area contributed by atoms with Crippen LogP contribution in [-0.4, -0.2) is 55.5 Å². The fraction of sp³-hybridized carbons (Fsp3) is 0.750. The molecule has 0 bridgehead atoms. The van der Waals surface area contributed by atoms with Gasteiger partial charge in [-0.05, 0) is 6.42 Å². The van der Waals surface area contributed by atoms with E-state index in [1.807, 2.05) is 13.8 Å². The minimum absolute atomic E-state index is 0.0717. The Morgan fingerprint density at radius 2 is 1.95 bits per heavy atom. The Labute approximate surface area is 116 Å². The van der Waals surface area contributed by atoms with Crippen LogP contribution in [0.4, 0.5) is 4.79 Å². The van der Waals surface area contributed by atoms with E-state index < -0.39 is 31.1 Å². The topological polar surface area (TPSA) is 114 Å². The normalized spacial score (nSPS) is 23.6. The number of ether oxygens (including phenoxy) is 2. The lowest BCUT2D eigenvalue weighted by atomic mass is 9.64. The lowest BCUT2D eigenvalue weighted by Crippen LogP contribution is -2.63. The summed E-state index contributed by atoms with van der Waals surface area (Å²) in [4.78, 5) is 33.0. The first kappa shape index (κ1) is 16.4. The number of hydrogen-bond acceptors (Lipinski definition) is 5. The molecule has 0 saturated heterocycles. The third-order valence-electron chi connectivity index (χ3n) is 3.48. The molecular weight excluding hydrogens is 268 g/mol. The number of carboxylic acids is 1. The summed E-state index contributed by atoms with van der Waals surface area (Å²) in [6, 6.07) is -0.707. The first-order chi connectivity index (χ1) is 9.27. The molecule has 1 saturated carbocycles. The second-order valence-electron chi connectivity index (χ2n) is 5.24. The molecule has 8 heteroatoms. The molecular formula is C12H20N2O6. The summed E-state index contributed by atoms with van der Waals surface area (Å²) in [6.45, 7) is 2.87. The van der Waals surface area contributed by atoms with Crippen molar-refractivity contribution in [3.8, 4) is 0 Å². The number of hydrogen-bond donors (Lipinski definition) is 3. The third-order valence-corrected chi connectivity index (χ3v) is 3.48. The molecule has 114 valence electrons. The van der Waals surface area contributed by atoms with Crippen LogP contribution in [-0.2, 0) is 19.1 Å². The van der Waals surface area contributed by atoms with E-state index in [0.29, 0.717) is 6.42 Å². The van der Waals surface area contributed by atoms with E-state index in [1.54, 1.807) is 7.11 Å². The molecule has 1 rings (SSSR count). The number of rotatable bonds is 6. The molecule has 8 nitrogen and oxygen atoms in total. The second-order valence-corrected chi connectivity index (χ2v) is 5.24. The molecule has 1 fully saturated rings. The smallest absolute Gasteiger partial charge is 0.329 e. The van der Waals surface area contributed by atoms with Crippen LogP contribution >= 0.6 is 0 Å². The average Bonchev–Trinajstić information content (AvgIpc) is 2.33. The lowest BCUT2D eigenvalue weighted by Gasteiger charge is -2.51. The monoisotopic (exact) mass is 288 g/mol. The van der Waals surface area contributed by atoms with Crippen LogP contribution in [0, 0.1) is 5.41 Å². The van der Waals surface area contributed by atoms with E-state index in [0.717, 1.165) is 0 Å². The molecule has 3 amide bonds. The van der Waals surface area contributed by atoms with Gasteiger partial charge in [-0.1, -0.05) is 13.8 Å². The van der Waals surface area contributed by atoms with Crippen molar-refractivity contribution in [2.24, 2.45) is 5.41 Å². The van der Waals surface area contributed by atoms with Gasteiger partial charge in [0, 0.05) is 18.6 Å². The first-order valence-corrected chi connectivity index (χ1v) is 6.20. The van der Waals surface area contributed by atoms with Crippen molar-refractivity contribution in [3.63, 3.8) is 0 Å². The first-order valence-electron chi connectivity index (χ1n) is 6.20. The maximum atomic E-state index is 11.6. The van der Waals surface area contributed by atoms with E-state index >= 15 is 0 Å². The van der Waals surface area contributed by atoms with E-state index in [1.165, 1.54) is 0 Å². The molecule has 0 spiro atoms. The Bertz CT molecular complexity index is 395. The van der Waals surface area contributed by atoms with E-state index in [9.17, 15) is 14.4 Å². The zero-order chi connectivity index (χ0) is 15.3. The highest BCUT2D eigenvalue weighted by Crippen LogP contribution is 2.42. The minimum atomic E-state index is -1.18. The molecule has 0 aromatic carbocycles. The van der Waals surface area contributed by atoms with Gasteiger partial charge in [0.1, 0.15) is 13.2 Å². The van der Waals surface area contributed by atoms with E-state index in [4.69, 9.17) is 9.84 Å². The SMILES string of the molecule is COC1CC(NC(=O)NC(=O)COCC(=O)O)C1(C)C. The van der Waals surface area contributed by atoms with Crippen LogP contribution in [0.25, 0.3) is 0 Å². The van der Waals surface area contributed by atoms with Crippen LogP contribution in [0.3, 0.4) is 0 Å². The number of aliphatic carboxylic acids is 1. The van der Waals surface area contributed by atoms with Gasteiger partial charge < -0.3 is 19.9 Å². The molecule has 0 aromatic rings. The number of imide groups is 1. The van der Waals surface area contributed by atoms with Crippen molar-refractivity contribution in [3.05, 3.63) is 0 Å². The number of carboxylic acid groups (broad SMARTS) is 1. The van der Waals surface area contributed by atoms with Crippen molar-refractivity contribution in [2.45, 2.75) is 32.4 Å². The van der Waals surface area contributed by atoms with Crippen LogP contribution in [0.15, 0.2) is 0 Å². The molecule has 0 aromatic heterocycles. The quantitative estimate of drug-likeness (QED) is 0.620. The zero-order valence-corrected chi connectivity index (χ0v) is 11.8. The highest BCUT2D eigenvalue weighted by atomic mass is 16.5. The molecule has 0 aliphatic heterocycles. The summed E-state index contributed by atoms with van der Waals surface area (Å²) < 4.78 is 9.82. The van der Waals surface area contributed by atoms with E-state index in [-0.39, 0.29) is 17.6 Å². The maximum absolute atomic E-state index is 11.6. The maximum Gasteiger partial charge on any atom is 0.329 e. The predicted octanol–water partition coefficient (Wildman–Crippen LogP) is -0.273. The van der Waals surface area contributed by atoms with Gasteiger partial charge in [0.15, 0.2) is 0 Å². The molecule has 0 heterocycles. The lowest BCUT2D eigenvalue weighted by molar-refractivity contribution is -0.143. The van der Waals surface area contributed by atoms with Gasteiger partial charge in [-0.3, -0.25) is 10.1 Å². The number of amides is 3. The van der Waals surface area contributed by atoms with Crippen LogP contribution in [0.2, 0.25) is 0 Å². The molecule has 2 unspecified atom stereocenters. The van der Waals surface area contributed by atoms with Gasteiger partial charge in [-0.2, -0.15) is 0 Å². The van der Waals surface area contributed by atoms with E-state index in [2.05, 4.69) is 15.4 Å². The largest absolute Gasteiger partial charge is 0.480 e. The summed E-state index contributed by atoms with van der Waals surface area (Å²) in [5.41, 5.74) is -0.199. The summed E-state index contributed by atoms with van der Waals surface area (Å²) in [5.74, 6) is -1.87. The van der Waals surface area contributed by atoms with Crippen molar-refractivity contribution in [2.75, 3.05) is 20.3 Å². The van der Waals surface area contributed by atoms with Crippen LogP contribution in [0.5, 0.6) is 0 Å². The summed E-state index contributed by atoms with van der Waals surface area (Å²) in [7, 11) is 1.62. The Kier molecular flexibility index (Phi) is 5.46. The van der Waals surface area contributed by atoms with Crippen molar-refractivity contribution >= 4 is 17.9 Å². The Morgan fingerprint density at radius 1 is 1.30 bits per heavy atom. The van der Waals surface area contributed by atoms with Crippen LogP contribution < -0.4 is 10.6 Å². The minimum Gasteiger partial charge on any atom is -0.480 e. The van der Waals surface area contributed by atoms with Gasteiger partial charge >= 0.3 is 12.0 Å². The molecule has 20 heavy (non-hydrogen) atoms.